The normalized spacial score (nSPS) is 16.3. The van der Waals surface area contributed by atoms with Crippen LogP contribution in [-0.2, 0) is 47.5 Å². The fourth-order valence-corrected chi connectivity index (χ4v) is 5.17. The Kier molecular flexibility index (Phi) is 21.4. The number of ether oxygens (including phenoxy) is 8. The van der Waals surface area contributed by atoms with Gasteiger partial charge >= 0.3 is 11.9 Å². The maximum absolute atomic E-state index is 14.2. The van der Waals surface area contributed by atoms with Gasteiger partial charge in [-0.25, -0.2) is 0 Å². The van der Waals surface area contributed by atoms with Crippen molar-refractivity contribution >= 4 is 11.9 Å². The van der Waals surface area contributed by atoms with E-state index in [0.717, 1.165) is 0 Å². The summed E-state index contributed by atoms with van der Waals surface area (Å²) in [4.78, 5) is 25.4. The molecule has 0 aliphatic rings. The molecule has 0 bridgehead atoms. The Morgan fingerprint density at radius 2 is 0.976 bits per heavy atom. The van der Waals surface area contributed by atoms with E-state index in [1.807, 2.05) is 13.8 Å². The van der Waals surface area contributed by atoms with Gasteiger partial charge in [0.05, 0.1) is 13.2 Å². The van der Waals surface area contributed by atoms with Crippen LogP contribution in [0.1, 0.15) is 100 Å². The second-order valence-corrected chi connectivity index (χ2v) is 9.55. The van der Waals surface area contributed by atoms with E-state index in [-0.39, 0.29) is 72.1 Å². The fraction of sp³-hybridized carbons (Fsp3) is 0.933. The molecule has 2 N–H and O–H groups in total. The molecule has 12 nitrogen and oxygen atoms in total. The highest BCUT2D eigenvalue weighted by atomic mass is 16.8. The molecule has 250 valence electrons. The van der Waals surface area contributed by atoms with Crippen LogP contribution in [-0.4, -0.2) is 99.2 Å². The van der Waals surface area contributed by atoms with Crippen LogP contribution in [0.5, 0.6) is 0 Å². The van der Waals surface area contributed by atoms with Crippen LogP contribution in [0.15, 0.2) is 0 Å². The van der Waals surface area contributed by atoms with Crippen molar-refractivity contribution in [2.75, 3.05) is 52.9 Å². The van der Waals surface area contributed by atoms with Gasteiger partial charge < -0.3 is 48.1 Å². The maximum Gasteiger partial charge on any atom is 0.321 e. The molecule has 12 heteroatoms. The smallest absolute Gasteiger partial charge is 0.321 e. The molecule has 2 atom stereocenters. The molecule has 0 spiro atoms. The second kappa shape index (κ2) is 22.2. The zero-order chi connectivity index (χ0) is 32.1. The lowest BCUT2D eigenvalue weighted by Gasteiger charge is -2.58. The summed E-state index contributed by atoms with van der Waals surface area (Å²) in [5.41, 5.74) is -2.20. The van der Waals surface area contributed by atoms with Crippen LogP contribution < -0.4 is 0 Å². The van der Waals surface area contributed by atoms with E-state index in [9.17, 15) is 19.8 Å². The highest BCUT2D eigenvalue weighted by Crippen LogP contribution is 2.56. The zero-order valence-electron chi connectivity index (χ0n) is 27.2. The molecule has 0 heterocycles. The molecule has 0 saturated carbocycles. The highest BCUT2D eigenvalue weighted by Gasteiger charge is 2.77. The summed E-state index contributed by atoms with van der Waals surface area (Å²) in [5, 5.41) is 20.7. The van der Waals surface area contributed by atoms with E-state index in [2.05, 4.69) is 0 Å². The van der Waals surface area contributed by atoms with Gasteiger partial charge in [0.25, 0.3) is 0 Å². The average molecular weight is 611 g/mol. The van der Waals surface area contributed by atoms with Crippen molar-refractivity contribution in [3.8, 4) is 0 Å². The first-order valence-corrected chi connectivity index (χ1v) is 15.6. The Morgan fingerprint density at radius 3 is 1.26 bits per heavy atom. The molecule has 0 aromatic rings. The summed E-state index contributed by atoms with van der Waals surface area (Å²) in [6.45, 7) is 15.3. The Labute approximate surface area is 252 Å². The number of rotatable bonds is 29. The standard InChI is InChI=1S/C30H58O12/c1-9-22-41-29(39-15-7,26(35-11-3)36-12-4)28(25(33)34,21-19-17-18-20-24(31)32)30(40-16-8,42-23-10-2)27(37-13-5)38-14-6/h26-27H,9-23H2,1-8H3,(H,31,32)(H,33,34). The third-order valence-corrected chi connectivity index (χ3v) is 6.65. The lowest BCUT2D eigenvalue weighted by atomic mass is 9.66. The number of carbonyl (C=O) groups is 2. The monoisotopic (exact) mass is 610 g/mol. The molecule has 0 radical (unpaired) electrons. The summed E-state index contributed by atoms with van der Waals surface area (Å²) in [5.74, 6) is -6.50. The van der Waals surface area contributed by atoms with E-state index in [1.165, 1.54) is 0 Å². The molecule has 0 saturated heterocycles. The third kappa shape index (κ3) is 10.1. The lowest BCUT2D eigenvalue weighted by molar-refractivity contribution is -0.468. The zero-order valence-corrected chi connectivity index (χ0v) is 27.2. The molecule has 2 unspecified atom stereocenters. The van der Waals surface area contributed by atoms with Crippen molar-refractivity contribution in [1.82, 2.24) is 0 Å². The van der Waals surface area contributed by atoms with Gasteiger partial charge in [-0.1, -0.05) is 26.7 Å². The minimum atomic E-state index is -2.20. The van der Waals surface area contributed by atoms with Crippen molar-refractivity contribution in [2.45, 2.75) is 124 Å². The first-order valence-electron chi connectivity index (χ1n) is 15.6. The number of aliphatic carboxylic acids is 2. The van der Waals surface area contributed by atoms with E-state index >= 15 is 0 Å². The van der Waals surface area contributed by atoms with Crippen LogP contribution in [0.3, 0.4) is 0 Å². The molecular formula is C30H58O12. The van der Waals surface area contributed by atoms with Gasteiger partial charge in [0.1, 0.15) is 0 Å². The van der Waals surface area contributed by atoms with Crippen molar-refractivity contribution in [2.24, 2.45) is 5.41 Å². The minimum absolute atomic E-state index is 0.0400. The lowest BCUT2D eigenvalue weighted by Crippen LogP contribution is -2.77. The molecule has 42 heavy (non-hydrogen) atoms. The number of carboxylic acids is 2. The van der Waals surface area contributed by atoms with Crippen molar-refractivity contribution in [3.63, 3.8) is 0 Å². The van der Waals surface area contributed by atoms with Gasteiger partial charge in [0, 0.05) is 46.1 Å². The van der Waals surface area contributed by atoms with Crippen molar-refractivity contribution in [3.05, 3.63) is 0 Å². The first kappa shape index (κ1) is 40.6. The van der Waals surface area contributed by atoms with E-state index in [0.29, 0.717) is 25.7 Å². The number of carboxylic acid groups (broad SMARTS) is 2. The second-order valence-electron chi connectivity index (χ2n) is 9.55. The van der Waals surface area contributed by atoms with Crippen LogP contribution in [0.2, 0.25) is 0 Å². The molecule has 0 fully saturated rings. The molecule has 0 amide bonds. The minimum Gasteiger partial charge on any atom is -0.481 e. The van der Waals surface area contributed by atoms with E-state index < -0.39 is 41.5 Å². The summed E-state index contributed by atoms with van der Waals surface area (Å²) in [6.07, 6.45) is -0.709. The molecule has 0 aliphatic carbocycles. The van der Waals surface area contributed by atoms with E-state index in [4.69, 9.17) is 37.9 Å². The van der Waals surface area contributed by atoms with Gasteiger partial charge in [-0.15, -0.1) is 0 Å². The summed E-state index contributed by atoms with van der Waals surface area (Å²) >= 11 is 0. The Bertz CT molecular complexity index is 670. The van der Waals surface area contributed by atoms with Crippen LogP contribution >= 0.6 is 0 Å². The predicted molar refractivity (Wildman–Crippen MR) is 156 cm³/mol. The van der Waals surface area contributed by atoms with Gasteiger partial charge in [0.2, 0.25) is 24.2 Å². The van der Waals surface area contributed by atoms with Gasteiger partial charge in [-0.3, -0.25) is 9.59 Å². The van der Waals surface area contributed by atoms with Gasteiger partial charge in [0.15, 0.2) is 5.41 Å². The molecule has 0 aromatic carbocycles. The van der Waals surface area contributed by atoms with E-state index in [1.54, 1.807) is 41.5 Å². The molecule has 0 rings (SSSR count). The van der Waals surface area contributed by atoms with Crippen molar-refractivity contribution in [1.29, 1.82) is 0 Å². The van der Waals surface area contributed by atoms with Crippen molar-refractivity contribution < 1.29 is 57.7 Å². The SMILES string of the molecule is CCCOC(OCC)(C(OCC)OCC)C(CCCCCC(=O)O)(C(=O)O)C(OCC)(OCCC)C(OCC)OCC. The number of unbranched alkanes of at least 4 members (excludes halogenated alkanes) is 2. The third-order valence-electron chi connectivity index (χ3n) is 6.65. The van der Waals surface area contributed by atoms with Gasteiger partial charge in [-0.05, 0) is 67.2 Å². The molecular weight excluding hydrogens is 552 g/mol. The van der Waals surface area contributed by atoms with Gasteiger partial charge in [-0.2, -0.15) is 0 Å². The van der Waals surface area contributed by atoms with Crippen LogP contribution in [0, 0.1) is 5.41 Å². The Morgan fingerprint density at radius 1 is 0.571 bits per heavy atom. The average Bonchev–Trinajstić information content (AvgIpc) is 2.95. The summed E-state index contributed by atoms with van der Waals surface area (Å²) < 4.78 is 50.3. The number of hydrogen-bond donors (Lipinski definition) is 2. The first-order chi connectivity index (χ1) is 20.1. The quantitative estimate of drug-likeness (QED) is 0.0846. The topological polar surface area (TPSA) is 148 Å². The Balaban J connectivity index is 8.06. The summed E-state index contributed by atoms with van der Waals surface area (Å²) in [7, 11) is 0. The predicted octanol–water partition coefficient (Wildman–Crippen LogP) is 5.21. The summed E-state index contributed by atoms with van der Waals surface area (Å²) in [6, 6.07) is 0. The van der Waals surface area contributed by atoms with Crippen LogP contribution in [0.4, 0.5) is 0 Å². The largest absolute Gasteiger partial charge is 0.481 e. The van der Waals surface area contributed by atoms with Crippen LogP contribution in [0.25, 0.3) is 0 Å². The number of hydrogen-bond acceptors (Lipinski definition) is 10. The maximum atomic E-state index is 14.2. The molecule has 0 aliphatic heterocycles. The molecule has 0 aromatic heterocycles. The Hall–Kier alpha value is -1.38. The highest BCUT2D eigenvalue weighted by molar-refractivity contribution is 5.78. The fourth-order valence-electron chi connectivity index (χ4n) is 5.17.